The van der Waals surface area contributed by atoms with E-state index in [0.717, 1.165) is 10.8 Å². The van der Waals surface area contributed by atoms with Gasteiger partial charge in [0, 0.05) is 17.5 Å². The minimum absolute atomic E-state index is 0.118. The van der Waals surface area contributed by atoms with Gasteiger partial charge in [0.2, 0.25) is 0 Å². The summed E-state index contributed by atoms with van der Waals surface area (Å²) in [6.07, 6.45) is 0.656. The monoisotopic (exact) mass is 392 g/mol. The van der Waals surface area contributed by atoms with Gasteiger partial charge in [-0.2, -0.15) is 0 Å². The highest BCUT2D eigenvalue weighted by atomic mass is 16.2. The van der Waals surface area contributed by atoms with Gasteiger partial charge in [-0.3, -0.25) is 4.79 Å². The van der Waals surface area contributed by atoms with Gasteiger partial charge >= 0.3 is 12.1 Å². The average molecular weight is 392 g/mol. The molecule has 2 unspecified atom stereocenters. The molecule has 3 heterocycles. The van der Waals surface area contributed by atoms with Crippen molar-refractivity contribution in [3.05, 3.63) is 42.5 Å². The van der Waals surface area contributed by atoms with E-state index in [1.54, 1.807) is 9.80 Å². The maximum Gasteiger partial charge on any atom is 0.332 e. The second-order valence-electron chi connectivity index (χ2n) is 9.10. The Bertz CT molecular complexity index is 1040. The van der Waals surface area contributed by atoms with E-state index in [2.05, 4.69) is 5.32 Å². The molecule has 1 N–H and O–H groups in total. The summed E-state index contributed by atoms with van der Waals surface area (Å²) in [6.45, 7) is 6.25. The van der Waals surface area contributed by atoms with Crippen molar-refractivity contribution in [2.75, 3.05) is 11.4 Å². The van der Waals surface area contributed by atoms with Gasteiger partial charge in [0.15, 0.2) is 0 Å². The van der Waals surface area contributed by atoms with Gasteiger partial charge in [0.05, 0.1) is 17.8 Å². The number of imide groups is 1. The second-order valence-corrected chi connectivity index (χ2v) is 9.10. The van der Waals surface area contributed by atoms with Gasteiger partial charge in [0.1, 0.15) is 6.04 Å². The number of hydrogen-bond acceptors (Lipinski definition) is 3. The Balaban J connectivity index is 1.48. The first-order chi connectivity index (χ1) is 13.8. The standard InChI is InChI=1S/C22H24N4O3/c1-22(2,3)23-20(28)24-12-14-11-17(24)18-19(27)26(21(29)25(14)18)16-10-6-8-13-7-4-5-9-15(13)16/h4-10,14,17-18H,11-12H2,1-3H3,(H,23,28)/t14-,17?,18?/m1/s1. The zero-order valence-electron chi connectivity index (χ0n) is 16.8. The van der Waals surface area contributed by atoms with Crippen molar-refractivity contribution in [1.29, 1.82) is 0 Å². The number of urea groups is 2. The van der Waals surface area contributed by atoms with Crippen LogP contribution >= 0.6 is 0 Å². The number of rotatable bonds is 1. The summed E-state index contributed by atoms with van der Waals surface area (Å²) in [5, 5.41) is 4.82. The molecule has 3 saturated heterocycles. The molecule has 5 amide bonds. The van der Waals surface area contributed by atoms with E-state index < -0.39 is 6.04 Å². The molecular weight excluding hydrogens is 368 g/mol. The molecule has 29 heavy (non-hydrogen) atoms. The Hall–Kier alpha value is -3.09. The molecule has 150 valence electrons. The van der Waals surface area contributed by atoms with E-state index in [0.29, 0.717) is 18.7 Å². The molecule has 0 aliphatic carbocycles. The highest BCUT2D eigenvalue weighted by molar-refractivity contribution is 6.25. The number of nitrogens with one attached hydrogen (secondary N) is 1. The molecule has 0 saturated carbocycles. The van der Waals surface area contributed by atoms with E-state index >= 15 is 0 Å². The zero-order chi connectivity index (χ0) is 20.5. The van der Waals surface area contributed by atoms with Crippen molar-refractivity contribution in [2.45, 2.75) is 50.9 Å². The van der Waals surface area contributed by atoms with E-state index in [1.165, 1.54) is 4.90 Å². The van der Waals surface area contributed by atoms with Crippen molar-refractivity contribution < 1.29 is 14.4 Å². The minimum atomic E-state index is -0.606. The average Bonchev–Trinajstić information content (AvgIpc) is 3.32. The van der Waals surface area contributed by atoms with Gasteiger partial charge < -0.3 is 15.1 Å². The minimum Gasteiger partial charge on any atom is -0.333 e. The van der Waals surface area contributed by atoms with Gasteiger partial charge in [-0.25, -0.2) is 14.5 Å². The number of piperazine rings is 1. The number of nitrogens with zero attached hydrogens (tertiary/aromatic N) is 3. The van der Waals surface area contributed by atoms with E-state index in [4.69, 9.17) is 0 Å². The molecule has 5 rings (SSSR count). The number of amides is 5. The van der Waals surface area contributed by atoms with Crippen molar-refractivity contribution in [3.63, 3.8) is 0 Å². The fourth-order valence-corrected chi connectivity index (χ4v) is 4.91. The lowest BCUT2D eigenvalue weighted by molar-refractivity contribution is -0.120. The van der Waals surface area contributed by atoms with Gasteiger partial charge in [-0.1, -0.05) is 36.4 Å². The predicted octanol–water partition coefficient (Wildman–Crippen LogP) is 2.94. The maximum absolute atomic E-state index is 13.4. The Morgan fingerprint density at radius 1 is 1.07 bits per heavy atom. The first kappa shape index (κ1) is 18.0. The molecule has 2 aromatic carbocycles. The van der Waals surface area contributed by atoms with Gasteiger partial charge in [0.25, 0.3) is 5.91 Å². The molecule has 7 heteroatoms. The van der Waals surface area contributed by atoms with Crippen LogP contribution < -0.4 is 10.2 Å². The lowest BCUT2D eigenvalue weighted by Gasteiger charge is -2.36. The van der Waals surface area contributed by atoms with Crippen LogP contribution in [0.1, 0.15) is 27.2 Å². The second kappa shape index (κ2) is 5.95. The van der Waals surface area contributed by atoms with Crippen molar-refractivity contribution in [2.24, 2.45) is 0 Å². The molecule has 0 aromatic heterocycles. The molecule has 0 spiro atoms. The SMILES string of the molecule is CC(C)(C)NC(=O)N1C[C@H]2CC1C1C(=O)N(c3cccc4ccccc34)C(=O)N12. The number of benzene rings is 2. The Labute approximate surface area is 169 Å². The summed E-state index contributed by atoms with van der Waals surface area (Å²) in [5.41, 5.74) is 0.251. The number of carbonyl (C=O) groups is 3. The summed E-state index contributed by atoms with van der Waals surface area (Å²) in [4.78, 5) is 44.1. The molecule has 0 radical (unpaired) electrons. The molecule has 3 atom stereocenters. The van der Waals surface area contributed by atoms with Crippen LogP contribution in [-0.4, -0.2) is 58.0 Å². The van der Waals surface area contributed by atoms with Crippen LogP contribution in [0.15, 0.2) is 42.5 Å². The van der Waals surface area contributed by atoms with E-state index in [9.17, 15) is 14.4 Å². The molecule has 3 fully saturated rings. The van der Waals surface area contributed by atoms with Crippen LogP contribution in [-0.2, 0) is 4.79 Å². The number of likely N-dealkylation sites (tertiary alicyclic amines) is 1. The van der Waals surface area contributed by atoms with E-state index in [-0.39, 0.29) is 35.6 Å². The lowest BCUT2D eigenvalue weighted by atomic mass is 10.1. The van der Waals surface area contributed by atoms with Crippen LogP contribution in [0.25, 0.3) is 10.8 Å². The third-order valence-electron chi connectivity index (χ3n) is 6.01. The van der Waals surface area contributed by atoms with Crippen molar-refractivity contribution in [3.8, 4) is 0 Å². The van der Waals surface area contributed by atoms with Gasteiger partial charge in [-0.15, -0.1) is 0 Å². The topological polar surface area (TPSA) is 73.0 Å². The predicted molar refractivity (Wildman–Crippen MR) is 110 cm³/mol. The van der Waals surface area contributed by atoms with Crippen molar-refractivity contribution in [1.82, 2.24) is 15.1 Å². The quantitative estimate of drug-likeness (QED) is 0.759. The highest BCUT2D eigenvalue weighted by Crippen LogP contribution is 2.43. The summed E-state index contributed by atoms with van der Waals surface area (Å²) in [5.74, 6) is -0.243. The Kier molecular flexibility index (Phi) is 3.69. The Morgan fingerprint density at radius 2 is 1.79 bits per heavy atom. The fraction of sp³-hybridized carbons (Fsp3) is 0.409. The lowest BCUT2D eigenvalue weighted by Crippen LogP contribution is -2.59. The first-order valence-electron chi connectivity index (χ1n) is 9.99. The highest BCUT2D eigenvalue weighted by Gasteiger charge is 2.63. The van der Waals surface area contributed by atoms with E-state index in [1.807, 2.05) is 63.2 Å². The third-order valence-corrected chi connectivity index (χ3v) is 6.01. The number of anilines is 1. The third kappa shape index (κ3) is 2.60. The van der Waals surface area contributed by atoms with Crippen LogP contribution in [0, 0.1) is 0 Å². The van der Waals surface area contributed by atoms with Crippen LogP contribution in [0.4, 0.5) is 15.3 Å². The number of fused-ring (bicyclic) bond motifs is 6. The van der Waals surface area contributed by atoms with Crippen LogP contribution in [0.3, 0.4) is 0 Å². The first-order valence-corrected chi connectivity index (χ1v) is 9.99. The summed E-state index contributed by atoms with van der Waals surface area (Å²) in [7, 11) is 0. The van der Waals surface area contributed by atoms with Crippen molar-refractivity contribution >= 4 is 34.4 Å². The Morgan fingerprint density at radius 3 is 2.55 bits per heavy atom. The summed E-state index contributed by atoms with van der Waals surface area (Å²) >= 11 is 0. The summed E-state index contributed by atoms with van der Waals surface area (Å²) < 4.78 is 0. The zero-order valence-corrected chi connectivity index (χ0v) is 16.8. The normalized spacial score (nSPS) is 25.9. The summed E-state index contributed by atoms with van der Waals surface area (Å²) in [6, 6.07) is 11.9. The van der Waals surface area contributed by atoms with Crippen LogP contribution in [0.2, 0.25) is 0 Å². The molecule has 7 nitrogen and oxygen atoms in total. The fourth-order valence-electron chi connectivity index (χ4n) is 4.91. The molecule has 2 aromatic rings. The van der Waals surface area contributed by atoms with Crippen LogP contribution in [0.5, 0.6) is 0 Å². The molecule has 3 aliphatic heterocycles. The molecule has 3 aliphatic rings. The number of hydrogen-bond donors (Lipinski definition) is 1. The molecule has 2 bridgehead atoms. The maximum atomic E-state index is 13.4. The largest absolute Gasteiger partial charge is 0.333 e. The van der Waals surface area contributed by atoms with Gasteiger partial charge in [-0.05, 0) is 38.6 Å². The molecular formula is C22H24N4O3. The smallest absolute Gasteiger partial charge is 0.332 e. The number of carbonyl (C=O) groups excluding carboxylic acids is 3.